The smallest absolute Gasteiger partial charge is 0.871 e. The quantitative estimate of drug-likeness (QED) is 0.0677. The first kappa shape index (κ1) is 46.4. The molecule has 0 atom stereocenters. The van der Waals surface area contributed by atoms with Crippen molar-refractivity contribution in [2.24, 2.45) is 10.2 Å². The largest absolute Gasteiger partial charge is 1.00 e. The molecule has 0 amide bonds. The maximum absolute atomic E-state index is 13.4. The number of hydrogen-bond donors (Lipinski definition) is 3. The average Bonchev–Trinajstić information content (AvgIpc) is 2.99. The number of methoxy groups -OCH3 is 1. The summed E-state index contributed by atoms with van der Waals surface area (Å²) >= 11 is 11.8. The van der Waals surface area contributed by atoms with Crippen LogP contribution in [0.15, 0.2) is 85.6 Å². The van der Waals surface area contributed by atoms with Gasteiger partial charge in [0.25, 0.3) is 10.1 Å². The minimum absolute atomic E-state index is 0. The van der Waals surface area contributed by atoms with Crippen molar-refractivity contribution in [3.05, 3.63) is 71.0 Å². The minimum Gasteiger partial charge on any atom is -0.871 e. The number of aromatic nitrogens is 3. The summed E-state index contributed by atoms with van der Waals surface area (Å²) in [7, 11) is -13.9. The number of nitrogens with zero attached hydrogens (tertiary/aromatic N) is 5. The third-order valence-electron chi connectivity index (χ3n) is 6.32. The van der Waals surface area contributed by atoms with Gasteiger partial charge in [-0.25, -0.2) is 16.8 Å². The van der Waals surface area contributed by atoms with E-state index in [4.69, 9.17) is 27.9 Å². The fourth-order valence-electron chi connectivity index (χ4n) is 4.21. The van der Waals surface area contributed by atoms with Crippen LogP contribution in [0.2, 0.25) is 10.3 Å². The van der Waals surface area contributed by atoms with E-state index >= 15 is 0 Å². The van der Waals surface area contributed by atoms with Crippen LogP contribution in [0.1, 0.15) is 0 Å². The first-order chi connectivity index (χ1) is 22.8. The zero-order chi connectivity index (χ0) is 35.9. The van der Waals surface area contributed by atoms with Crippen molar-refractivity contribution >= 4 is 99.0 Å². The van der Waals surface area contributed by atoms with Crippen LogP contribution >= 0.6 is 23.2 Å². The van der Waals surface area contributed by atoms with Gasteiger partial charge in [0.1, 0.15) is 36.6 Å². The first-order valence-electron chi connectivity index (χ1n) is 12.9. The number of benzene rings is 4. The first-order valence-corrected chi connectivity index (χ1v) is 17.9. The number of fused-ring (bicyclic) bond motifs is 1. The summed E-state index contributed by atoms with van der Waals surface area (Å²) in [4.78, 5) is 9.38. The molecule has 3 N–H and O–H groups in total. The van der Waals surface area contributed by atoms with Crippen molar-refractivity contribution < 1.29 is 137 Å². The second-order valence-electron chi connectivity index (χ2n) is 9.55. The van der Waals surface area contributed by atoms with E-state index in [-0.39, 0.29) is 139 Å². The number of rotatable bonds is 10. The molecule has 18 nitrogen and oxygen atoms in total. The van der Waals surface area contributed by atoms with E-state index in [9.17, 15) is 44.0 Å². The second-order valence-corrected chi connectivity index (χ2v) is 14.4. The van der Waals surface area contributed by atoms with Crippen LogP contribution in [0.3, 0.4) is 0 Å². The molecule has 256 valence electrons. The molecule has 0 radical (unpaired) electrons. The number of ether oxygens (including phenoxy) is 1. The van der Waals surface area contributed by atoms with Crippen LogP contribution in [0.5, 0.6) is 11.5 Å². The second kappa shape index (κ2) is 18.3. The summed E-state index contributed by atoms with van der Waals surface area (Å²) in [5.41, 5.74) is -1.18. The van der Waals surface area contributed by atoms with Gasteiger partial charge < -0.3 is 29.6 Å². The van der Waals surface area contributed by atoms with Gasteiger partial charge in [-0.3, -0.25) is 4.55 Å². The van der Waals surface area contributed by atoms with E-state index in [0.29, 0.717) is 0 Å². The van der Waals surface area contributed by atoms with Gasteiger partial charge in [0, 0.05) is 11.4 Å². The molecule has 1 aromatic heterocycles. The third-order valence-corrected chi connectivity index (χ3v) is 9.54. The summed E-state index contributed by atoms with van der Waals surface area (Å²) < 4.78 is 109. The van der Waals surface area contributed by atoms with Crippen LogP contribution in [0.25, 0.3) is 10.8 Å². The van der Waals surface area contributed by atoms with E-state index < -0.39 is 62.2 Å². The number of hydrogen-bond acceptors (Lipinski definition) is 17. The van der Waals surface area contributed by atoms with E-state index in [1.807, 2.05) is 0 Å². The molecule has 0 aliphatic carbocycles. The Morgan fingerprint density at radius 1 is 0.731 bits per heavy atom. The molecule has 4 aromatic carbocycles. The fraction of sp³-hybridized carbons (Fsp3) is 0.0385. The van der Waals surface area contributed by atoms with Gasteiger partial charge in [-0.15, -0.1) is 10.2 Å². The van der Waals surface area contributed by atoms with E-state index in [1.54, 1.807) is 0 Å². The van der Waals surface area contributed by atoms with Crippen LogP contribution in [0, 0.1) is 0 Å². The Balaban J connectivity index is 0.00000312. The molecule has 52 heavy (non-hydrogen) atoms. The molecule has 1 heterocycles. The Labute approximate surface area is 371 Å². The normalized spacial score (nSPS) is 11.7. The van der Waals surface area contributed by atoms with Crippen molar-refractivity contribution in [2.45, 2.75) is 14.7 Å². The summed E-state index contributed by atoms with van der Waals surface area (Å²) in [6.45, 7) is 0. The van der Waals surface area contributed by atoms with Crippen LogP contribution in [0.4, 0.5) is 34.6 Å². The summed E-state index contributed by atoms with van der Waals surface area (Å²) in [6.07, 6.45) is 0. The maximum atomic E-state index is 13.4. The van der Waals surface area contributed by atoms with Crippen LogP contribution in [-0.4, -0.2) is 61.0 Å². The standard InChI is InChI=1S/C26H19Cl2N7O11S3.3Na/c1-46-15-4-7-18(20(11-15)48(40,41)42)34-35-22-21(49(43,44)45)9-12-8-13(2-5-16(12)23(22)36)29-25-31-24(28)32-26(33-25)30-14-3-6-17(27)19(10-14)47(37,38)39;;;/h2-11,36H,1H3,(H,37,38,39)(H,40,41,42)(H,43,44,45)(H2,29,30,31,32,33);;;/q;3*+1/p-3. The topological polar surface area (TPSA) is 289 Å². The van der Waals surface area contributed by atoms with Crippen molar-refractivity contribution in [2.75, 3.05) is 17.7 Å². The van der Waals surface area contributed by atoms with Crippen molar-refractivity contribution in [3.8, 4) is 11.5 Å². The van der Waals surface area contributed by atoms with E-state index in [1.165, 1.54) is 37.4 Å². The molecule has 0 saturated heterocycles. The average molecular weight is 839 g/mol. The molecule has 0 aliphatic rings. The van der Waals surface area contributed by atoms with Gasteiger partial charge in [-0.05, 0) is 77.0 Å². The number of anilines is 4. The Hall–Kier alpha value is -1.74. The van der Waals surface area contributed by atoms with Crippen molar-refractivity contribution in [3.63, 3.8) is 0 Å². The van der Waals surface area contributed by atoms with Gasteiger partial charge in [0.15, 0.2) is 0 Å². The number of halogens is 2. The molecule has 26 heteroatoms. The van der Waals surface area contributed by atoms with E-state index in [0.717, 1.165) is 30.3 Å². The van der Waals surface area contributed by atoms with Gasteiger partial charge in [-0.2, -0.15) is 23.4 Å². The fourth-order valence-corrected chi connectivity index (χ4v) is 6.63. The monoisotopic (exact) mass is 837 g/mol. The molecule has 5 aromatic rings. The molecule has 0 spiro atoms. The summed E-state index contributed by atoms with van der Waals surface area (Å²) in [6, 6.07) is 11.4. The van der Waals surface area contributed by atoms with Crippen LogP contribution < -0.4 is 109 Å². The van der Waals surface area contributed by atoms with Crippen LogP contribution in [-0.2, 0) is 30.4 Å². The molecule has 0 aliphatic heterocycles. The Morgan fingerprint density at radius 3 is 1.87 bits per heavy atom. The molecule has 0 bridgehead atoms. The van der Waals surface area contributed by atoms with Gasteiger partial charge in [0.05, 0.1) is 27.6 Å². The van der Waals surface area contributed by atoms with Gasteiger partial charge in [-0.1, -0.05) is 23.4 Å². The Morgan fingerprint density at radius 2 is 1.31 bits per heavy atom. The zero-order valence-corrected chi connectivity index (χ0v) is 37.0. The molecule has 5 rings (SSSR count). The predicted molar refractivity (Wildman–Crippen MR) is 169 cm³/mol. The molecular formula is C26H16Cl2N7Na3O11S3. The number of nitrogens with one attached hydrogen (secondary N) is 2. The molecule has 0 fully saturated rings. The number of azo groups is 1. The Kier molecular flexibility index (Phi) is 16.3. The summed E-state index contributed by atoms with van der Waals surface area (Å²) in [5.74, 6) is -1.42. The predicted octanol–water partition coefficient (Wildman–Crippen LogP) is -4.62. The zero-order valence-electron chi connectivity index (χ0n) is 27.0. The Bertz CT molecular complexity index is 2540. The molecular weight excluding hydrogens is 822 g/mol. The van der Waals surface area contributed by atoms with Crippen molar-refractivity contribution in [1.82, 2.24) is 15.0 Å². The summed E-state index contributed by atoms with van der Waals surface area (Å²) in [5, 5.41) is 25.2. The maximum Gasteiger partial charge on any atom is 1.00 e. The minimum atomic E-state index is -5.13. The molecule has 0 saturated carbocycles. The van der Waals surface area contributed by atoms with Gasteiger partial charge >= 0.3 is 88.7 Å². The van der Waals surface area contributed by atoms with Crippen molar-refractivity contribution in [1.29, 1.82) is 0 Å². The molecule has 0 unspecified atom stereocenters. The SMILES string of the molecule is COc1ccc(N=Nc2c(S(=O)(=O)O)cc3cc(Nc4nc(Cl)nc(Nc5ccc(Cl)c(S(=O)(=O)[O-])c5)n4)ccc3c2[O-])c(S(=O)(=O)[O-])c1.[Na+].[Na+].[Na+]. The third kappa shape index (κ3) is 11.2. The van der Waals surface area contributed by atoms with Gasteiger partial charge in [0.2, 0.25) is 17.2 Å². The van der Waals surface area contributed by atoms with E-state index in [2.05, 4.69) is 35.8 Å².